The van der Waals surface area contributed by atoms with E-state index in [1.807, 2.05) is 32.3 Å². The number of piperidine rings is 1. The van der Waals surface area contributed by atoms with Crippen LogP contribution in [0.1, 0.15) is 54.7 Å². The first-order valence-corrected chi connectivity index (χ1v) is 20.2. The van der Waals surface area contributed by atoms with Crippen LogP contribution in [0.5, 0.6) is 0 Å². The summed E-state index contributed by atoms with van der Waals surface area (Å²) in [5, 5.41) is 3.61. The number of rotatable bonds is 5. The number of aromatic nitrogens is 2. The molecule has 1 spiro atoms. The first kappa shape index (κ1) is 40.0. The smallest absolute Gasteiger partial charge is 0.294 e. The van der Waals surface area contributed by atoms with Gasteiger partial charge >= 0.3 is 0 Å². The van der Waals surface area contributed by atoms with Gasteiger partial charge in [-0.05, 0) is 62.4 Å². The summed E-state index contributed by atoms with van der Waals surface area (Å²) in [6, 6.07) is 18.3. The van der Waals surface area contributed by atoms with Crippen molar-refractivity contribution in [2.75, 3.05) is 39.5 Å². The molecular formula is C37H46N4O8S3. The van der Waals surface area contributed by atoms with E-state index in [1.165, 1.54) is 22.4 Å². The van der Waals surface area contributed by atoms with Crippen molar-refractivity contribution >= 4 is 59.5 Å². The van der Waals surface area contributed by atoms with E-state index < -0.39 is 21.7 Å². The maximum absolute atomic E-state index is 10.5. The molecule has 3 aliphatic heterocycles. The van der Waals surface area contributed by atoms with Crippen LogP contribution < -0.4 is 11.1 Å². The summed E-state index contributed by atoms with van der Waals surface area (Å²) in [7, 11) is -4.02. The maximum Gasteiger partial charge on any atom is 0.294 e. The molecule has 2 aromatic heterocycles. The predicted molar refractivity (Wildman–Crippen MR) is 203 cm³/mol. The predicted octanol–water partition coefficient (Wildman–Crippen LogP) is 6.40. The van der Waals surface area contributed by atoms with E-state index in [1.54, 1.807) is 52.4 Å². The number of fused-ring (bicyclic) bond motifs is 2. The molecule has 3 atom stereocenters. The number of benzene rings is 3. The number of thiazole rings is 2. The van der Waals surface area contributed by atoms with Crippen LogP contribution in [0.4, 0.5) is 0 Å². The lowest BCUT2D eigenvalue weighted by atomic mass is 9.86. The third-order valence-electron chi connectivity index (χ3n) is 9.36. The van der Waals surface area contributed by atoms with Crippen molar-refractivity contribution in [1.82, 2.24) is 15.3 Å². The number of nitrogens with one attached hydrogen (secondary N) is 1. The molecule has 5 aromatic rings. The normalized spacial score (nSPS) is 21.0. The van der Waals surface area contributed by atoms with Gasteiger partial charge in [0.05, 0.1) is 62.8 Å². The summed E-state index contributed by atoms with van der Waals surface area (Å²) < 4.78 is 54.6. The Bertz CT molecular complexity index is 2010. The Hall–Kier alpha value is -3.22. The van der Waals surface area contributed by atoms with Crippen LogP contribution in [0.25, 0.3) is 20.4 Å². The van der Waals surface area contributed by atoms with Crippen LogP contribution in [0.15, 0.2) is 76.6 Å². The zero-order valence-electron chi connectivity index (χ0n) is 29.7. The van der Waals surface area contributed by atoms with Crippen molar-refractivity contribution in [3.05, 3.63) is 88.4 Å². The van der Waals surface area contributed by atoms with E-state index in [2.05, 4.69) is 40.4 Å². The third kappa shape index (κ3) is 10.0. The van der Waals surface area contributed by atoms with Crippen LogP contribution in [-0.2, 0) is 29.1 Å². The monoisotopic (exact) mass is 770 g/mol. The van der Waals surface area contributed by atoms with Crippen molar-refractivity contribution in [3.63, 3.8) is 0 Å². The van der Waals surface area contributed by atoms with Crippen molar-refractivity contribution in [3.8, 4) is 0 Å². The molecule has 0 amide bonds. The van der Waals surface area contributed by atoms with Crippen molar-refractivity contribution in [2.45, 2.75) is 56.6 Å². The highest BCUT2D eigenvalue weighted by atomic mass is 32.2. The molecule has 15 heteroatoms. The Morgan fingerprint density at radius 2 is 1.52 bits per heavy atom. The van der Waals surface area contributed by atoms with Crippen LogP contribution in [0.3, 0.4) is 0 Å². The molecule has 8 rings (SSSR count). The highest BCUT2D eigenvalue weighted by molar-refractivity contribution is 7.85. The summed E-state index contributed by atoms with van der Waals surface area (Å²) in [6.45, 7) is 12.3. The molecule has 0 radical (unpaired) electrons. The van der Waals surface area contributed by atoms with Crippen molar-refractivity contribution < 1.29 is 36.7 Å². The average molecular weight is 771 g/mol. The SMILES string of the molecule is CC(CN)C1(C)OCCO1.C[C@H]1CN[C@H](c2ccc3scnc3c2)CC12OCCO2.Cc1ccc(S(=O)(=O)O)cc1.O=Cc1ccc2scnc2c1. The lowest BCUT2D eigenvalue weighted by Crippen LogP contribution is -2.51. The number of aryl methyl sites for hydroxylation is 1. The number of carbonyl (C=O) groups is 1. The average Bonchev–Trinajstić information content (AvgIpc) is 3.98. The Morgan fingerprint density at radius 1 is 0.942 bits per heavy atom. The lowest BCUT2D eigenvalue weighted by Gasteiger charge is -2.42. The molecule has 5 heterocycles. The number of hydrogen-bond acceptors (Lipinski definition) is 13. The number of aldehydes is 1. The zero-order chi connectivity index (χ0) is 37.4. The fourth-order valence-corrected chi connectivity index (χ4v) is 7.72. The van der Waals surface area contributed by atoms with Gasteiger partial charge in [0.1, 0.15) is 6.29 Å². The van der Waals surface area contributed by atoms with Crippen LogP contribution in [-0.4, -0.2) is 80.3 Å². The fraction of sp³-hybridized carbons (Fsp3) is 0.432. The molecule has 12 nitrogen and oxygen atoms in total. The van der Waals surface area contributed by atoms with Crippen LogP contribution >= 0.6 is 22.7 Å². The van der Waals surface area contributed by atoms with Gasteiger partial charge in [0.15, 0.2) is 11.6 Å². The molecule has 0 bridgehead atoms. The quantitative estimate of drug-likeness (QED) is 0.133. The Labute approximate surface area is 312 Å². The molecule has 3 aromatic carbocycles. The highest BCUT2D eigenvalue weighted by Gasteiger charge is 2.47. The molecule has 280 valence electrons. The van der Waals surface area contributed by atoms with Gasteiger partial charge in [-0.2, -0.15) is 8.42 Å². The van der Waals surface area contributed by atoms with E-state index in [9.17, 15) is 13.2 Å². The van der Waals surface area contributed by atoms with Gasteiger partial charge in [-0.3, -0.25) is 9.35 Å². The summed E-state index contributed by atoms with van der Waals surface area (Å²) in [5.41, 5.74) is 14.0. The minimum atomic E-state index is -4.02. The lowest BCUT2D eigenvalue weighted by molar-refractivity contribution is -0.210. The Morgan fingerprint density at radius 3 is 2.10 bits per heavy atom. The summed E-state index contributed by atoms with van der Waals surface area (Å²) in [6.07, 6.45) is 1.70. The van der Waals surface area contributed by atoms with Crippen molar-refractivity contribution in [1.29, 1.82) is 0 Å². The van der Waals surface area contributed by atoms with Crippen molar-refractivity contribution in [2.24, 2.45) is 17.6 Å². The van der Waals surface area contributed by atoms with Crippen LogP contribution in [0.2, 0.25) is 0 Å². The number of ether oxygens (including phenoxy) is 4. The van der Waals surface area contributed by atoms with Gasteiger partial charge in [-0.1, -0.05) is 43.7 Å². The first-order valence-electron chi connectivity index (χ1n) is 17.0. The number of nitrogens with zero attached hydrogens (tertiary/aromatic N) is 2. The largest absolute Gasteiger partial charge is 0.347 e. The van der Waals surface area contributed by atoms with E-state index in [4.69, 9.17) is 29.2 Å². The van der Waals surface area contributed by atoms with Gasteiger partial charge in [0.2, 0.25) is 0 Å². The fourth-order valence-electron chi connectivity index (χ4n) is 5.92. The first-order chi connectivity index (χ1) is 24.9. The molecule has 3 fully saturated rings. The van der Waals surface area contributed by atoms with E-state index >= 15 is 0 Å². The van der Waals surface area contributed by atoms with Gasteiger partial charge < -0.3 is 30.0 Å². The maximum atomic E-state index is 10.5. The zero-order valence-corrected chi connectivity index (χ0v) is 32.1. The Balaban J connectivity index is 0.000000142. The molecule has 52 heavy (non-hydrogen) atoms. The van der Waals surface area contributed by atoms with Gasteiger partial charge in [-0.15, -0.1) is 22.7 Å². The second kappa shape index (κ2) is 17.7. The van der Waals surface area contributed by atoms with E-state index in [0.29, 0.717) is 44.5 Å². The van der Waals surface area contributed by atoms with E-state index in [0.717, 1.165) is 40.5 Å². The molecule has 0 aliphatic carbocycles. The summed E-state index contributed by atoms with van der Waals surface area (Å²) in [4.78, 5) is 18.8. The molecule has 0 saturated carbocycles. The second-order valence-electron chi connectivity index (χ2n) is 13.0. The third-order valence-corrected chi connectivity index (χ3v) is 11.8. The topological polar surface area (TPSA) is 172 Å². The summed E-state index contributed by atoms with van der Waals surface area (Å²) in [5.74, 6) is -0.166. The standard InChI is InChI=1S/C15H18N2O2S.C8H5NOS.C7H15NO2.C7H8O3S/c1-10-8-16-13(7-15(10)18-4-5-19-15)11-2-3-14-12(6-11)17-9-20-14;10-4-6-1-2-8-7(3-6)9-5-11-8;1-6(5-8)7(2)9-3-4-10-7;1-6-2-4-7(5-3-6)11(8,9)10/h2-3,6,9-10,13,16H,4-5,7-8H2,1H3;1-5H;6H,3-5,8H2,1-2H3;2-5H,1H3,(H,8,9,10)/t10-,13-;;;/m0.../s1. The highest BCUT2D eigenvalue weighted by Crippen LogP contribution is 2.40. The second-order valence-corrected chi connectivity index (χ2v) is 16.2. The van der Waals surface area contributed by atoms with Gasteiger partial charge in [0, 0.05) is 36.4 Å². The van der Waals surface area contributed by atoms with Crippen LogP contribution in [0, 0.1) is 18.8 Å². The Kier molecular flexibility index (Phi) is 13.6. The molecule has 1 unspecified atom stereocenters. The van der Waals surface area contributed by atoms with E-state index in [-0.39, 0.29) is 16.9 Å². The molecular weight excluding hydrogens is 725 g/mol. The molecule has 4 N–H and O–H groups in total. The minimum absolute atomic E-state index is 0.0666. The number of nitrogens with two attached hydrogens (primary N) is 1. The number of hydrogen-bond donors (Lipinski definition) is 3. The number of carbonyl (C=O) groups excluding carboxylic acids is 1. The van der Waals surface area contributed by atoms with Gasteiger partial charge in [0.25, 0.3) is 10.1 Å². The van der Waals surface area contributed by atoms with Gasteiger partial charge in [-0.25, -0.2) is 9.97 Å². The molecule has 3 saturated heterocycles. The molecule has 3 aliphatic rings. The minimum Gasteiger partial charge on any atom is -0.347 e. The summed E-state index contributed by atoms with van der Waals surface area (Å²) >= 11 is 3.26.